The number of rotatable bonds is 7. The number of nitrogens with one attached hydrogen (secondary N) is 2. The molecule has 0 aliphatic heterocycles. The molecule has 8 heteroatoms. The lowest BCUT2D eigenvalue weighted by Gasteiger charge is -2.18. The van der Waals surface area contributed by atoms with Crippen LogP contribution in [0.4, 0.5) is 5.82 Å². The third kappa shape index (κ3) is 5.28. The second kappa shape index (κ2) is 9.74. The molecule has 0 saturated carbocycles. The van der Waals surface area contributed by atoms with Crippen LogP contribution in [-0.4, -0.2) is 31.1 Å². The molecule has 0 spiro atoms. The third-order valence-corrected chi connectivity index (χ3v) is 5.09. The van der Waals surface area contributed by atoms with Gasteiger partial charge in [-0.1, -0.05) is 60.7 Å². The van der Waals surface area contributed by atoms with Crippen LogP contribution in [0.5, 0.6) is 0 Å². The zero-order valence-corrected chi connectivity index (χ0v) is 17.7. The maximum absolute atomic E-state index is 12.7. The lowest BCUT2D eigenvalue weighted by Crippen LogP contribution is -2.39. The summed E-state index contributed by atoms with van der Waals surface area (Å²) in [4.78, 5) is 29.5. The highest BCUT2D eigenvalue weighted by Crippen LogP contribution is 2.17. The average Bonchev–Trinajstić information content (AvgIpc) is 3.43. The monoisotopic (exact) mass is 428 g/mol. The lowest BCUT2D eigenvalue weighted by atomic mass is 10.0. The predicted molar refractivity (Wildman–Crippen MR) is 121 cm³/mol. The van der Waals surface area contributed by atoms with E-state index in [2.05, 4.69) is 20.7 Å². The Morgan fingerprint density at radius 1 is 0.938 bits per heavy atom. The van der Waals surface area contributed by atoms with Gasteiger partial charge in [-0.2, -0.15) is 5.10 Å². The molecular weight excluding hydrogens is 404 g/mol. The van der Waals surface area contributed by atoms with Gasteiger partial charge in [-0.15, -0.1) is 0 Å². The maximum Gasteiger partial charge on any atom is 0.314 e. The summed E-state index contributed by atoms with van der Waals surface area (Å²) in [5.74, 6) is -0.373. The Balaban J connectivity index is 1.41. The van der Waals surface area contributed by atoms with Crippen LogP contribution in [0.15, 0.2) is 85.3 Å². The van der Waals surface area contributed by atoms with Crippen LogP contribution in [0.2, 0.25) is 0 Å². The Kier molecular flexibility index (Phi) is 6.41. The van der Waals surface area contributed by atoms with Gasteiger partial charge in [0.15, 0.2) is 5.82 Å². The summed E-state index contributed by atoms with van der Waals surface area (Å²) in [5, 5.41) is 9.73. The zero-order valence-electron chi connectivity index (χ0n) is 17.7. The molecule has 0 unspecified atom stereocenters. The van der Waals surface area contributed by atoms with Crippen molar-refractivity contribution < 1.29 is 9.59 Å². The minimum atomic E-state index is -0.768. The number of hydrogen-bond donors (Lipinski definition) is 2. The van der Waals surface area contributed by atoms with Crippen molar-refractivity contribution in [2.45, 2.75) is 19.0 Å². The van der Waals surface area contributed by atoms with Crippen molar-refractivity contribution in [2.24, 2.45) is 7.05 Å². The van der Waals surface area contributed by atoms with Crippen molar-refractivity contribution in [3.8, 4) is 0 Å². The Bertz CT molecular complexity index is 1180. The van der Waals surface area contributed by atoms with Gasteiger partial charge in [0.2, 0.25) is 0 Å². The number of benzene rings is 2. The van der Waals surface area contributed by atoms with Crippen molar-refractivity contribution in [1.82, 2.24) is 24.6 Å². The minimum Gasteiger partial charge on any atom is -0.341 e. The highest BCUT2D eigenvalue weighted by Gasteiger charge is 2.22. The van der Waals surface area contributed by atoms with E-state index < -0.39 is 17.9 Å². The fourth-order valence-corrected chi connectivity index (χ4v) is 3.40. The summed E-state index contributed by atoms with van der Waals surface area (Å²) in [6.07, 6.45) is 5.77. The van der Waals surface area contributed by atoms with Gasteiger partial charge in [-0.05, 0) is 11.1 Å². The van der Waals surface area contributed by atoms with E-state index in [0.29, 0.717) is 18.8 Å². The van der Waals surface area contributed by atoms with E-state index in [9.17, 15) is 9.59 Å². The molecule has 162 valence electrons. The van der Waals surface area contributed by atoms with Gasteiger partial charge in [0.1, 0.15) is 5.82 Å². The third-order valence-electron chi connectivity index (χ3n) is 5.09. The molecule has 4 rings (SSSR count). The molecule has 0 bridgehead atoms. The van der Waals surface area contributed by atoms with Gasteiger partial charge in [0.05, 0.1) is 12.6 Å². The smallest absolute Gasteiger partial charge is 0.314 e. The van der Waals surface area contributed by atoms with Gasteiger partial charge in [-0.3, -0.25) is 14.3 Å². The summed E-state index contributed by atoms with van der Waals surface area (Å²) in [6, 6.07) is 20.7. The molecule has 4 aromatic rings. The maximum atomic E-state index is 12.7. The van der Waals surface area contributed by atoms with Crippen molar-refractivity contribution >= 4 is 17.6 Å². The van der Waals surface area contributed by atoms with Crippen LogP contribution in [0, 0.1) is 0 Å². The molecule has 0 radical (unpaired) electrons. The van der Waals surface area contributed by atoms with Crippen LogP contribution in [-0.2, 0) is 29.6 Å². The first kappa shape index (κ1) is 21.0. The van der Waals surface area contributed by atoms with Crippen LogP contribution in [0.1, 0.15) is 23.0 Å². The minimum absolute atomic E-state index is 0.321. The second-order valence-corrected chi connectivity index (χ2v) is 7.43. The molecule has 2 N–H and O–H groups in total. The predicted octanol–water partition coefficient (Wildman–Crippen LogP) is 2.70. The normalized spacial score (nSPS) is 11.7. The van der Waals surface area contributed by atoms with E-state index >= 15 is 0 Å². The van der Waals surface area contributed by atoms with Crippen molar-refractivity contribution in [3.63, 3.8) is 0 Å². The van der Waals surface area contributed by atoms with Crippen LogP contribution < -0.4 is 10.6 Å². The van der Waals surface area contributed by atoms with Crippen LogP contribution >= 0.6 is 0 Å². The van der Waals surface area contributed by atoms with Crippen molar-refractivity contribution in [2.75, 3.05) is 5.32 Å². The standard InChI is InChI=1S/C24H24N6O2/c1-29-15-13-25-22(29)16-20(19-10-6-3-7-11-19)26-23(31)24(32)27-21-12-14-30(28-21)17-18-8-4-2-5-9-18/h2-15,20H,16-17H2,1H3,(H,26,31)(H,27,28,32)/t20-/m0/s1. The molecule has 0 fully saturated rings. The SMILES string of the molecule is Cn1ccnc1C[C@H](NC(=O)C(=O)Nc1ccn(Cc2ccccc2)n1)c1ccccc1. The van der Waals surface area contributed by atoms with E-state index in [1.165, 1.54) is 0 Å². The number of hydrogen-bond acceptors (Lipinski definition) is 4. The summed E-state index contributed by atoms with van der Waals surface area (Å²) in [6.45, 7) is 0.572. The largest absolute Gasteiger partial charge is 0.341 e. The number of imidazole rings is 1. The molecule has 2 aromatic heterocycles. The number of aromatic nitrogens is 4. The lowest BCUT2D eigenvalue weighted by molar-refractivity contribution is -0.136. The highest BCUT2D eigenvalue weighted by molar-refractivity contribution is 6.39. The number of anilines is 1. The second-order valence-electron chi connectivity index (χ2n) is 7.43. The van der Waals surface area contributed by atoms with E-state index in [1.54, 1.807) is 23.1 Å². The van der Waals surface area contributed by atoms with Crippen LogP contribution in [0.3, 0.4) is 0 Å². The van der Waals surface area contributed by atoms with Gasteiger partial charge in [0.25, 0.3) is 0 Å². The molecular formula is C24H24N6O2. The summed E-state index contributed by atoms with van der Waals surface area (Å²) < 4.78 is 3.60. The zero-order chi connectivity index (χ0) is 22.3. The van der Waals surface area contributed by atoms with Gasteiger partial charge >= 0.3 is 11.8 Å². The molecule has 2 aromatic carbocycles. The van der Waals surface area contributed by atoms with Gasteiger partial charge in [-0.25, -0.2) is 4.98 Å². The molecule has 0 aliphatic carbocycles. The van der Waals surface area contributed by atoms with Crippen LogP contribution in [0.25, 0.3) is 0 Å². The molecule has 0 aliphatic rings. The molecule has 32 heavy (non-hydrogen) atoms. The summed E-state index contributed by atoms with van der Waals surface area (Å²) in [5.41, 5.74) is 1.98. The van der Waals surface area contributed by atoms with E-state index in [1.807, 2.05) is 78.5 Å². The van der Waals surface area contributed by atoms with E-state index in [4.69, 9.17) is 0 Å². The van der Waals surface area contributed by atoms with E-state index in [0.717, 1.165) is 17.0 Å². The van der Waals surface area contributed by atoms with Crippen molar-refractivity contribution in [1.29, 1.82) is 0 Å². The first-order valence-corrected chi connectivity index (χ1v) is 10.3. The fourth-order valence-electron chi connectivity index (χ4n) is 3.40. The topological polar surface area (TPSA) is 93.8 Å². The number of nitrogens with zero attached hydrogens (tertiary/aromatic N) is 4. The first-order valence-electron chi connectivity index (χ1n) is 10.3. The molecule has 0 saturated heterocycles. The fraction of sp³-hybridized carbons (Fsp3) is 0.167. The van der Waals surface area contributed by atoms with E-state index in [-0.39, 0.29) is 0 Å². The molecule has 8 nitrogen and oxygen atoms in total. The number of carbonyl (C=O) groups excluding carboxylic acids is 2. The summed E-state index contributed by atoms with van der Waals surface area (Å²) >= 11 is 0. The number of carbonyl (C=O) groups is 2. The quantitative estimate of drug-likeness (QED) is 0.443. The molecule has 2 amide bonds. The Morgan fingerprint density at radius 3 is 2.34 bits per heavy atom. The van der Waals surface area contributed by atoms with Gasteiger partial charge in [0, 0.05) is 38.1 Å². The Morgan fingerprint density at radius 2 is 1.66 bits per heavy atom. The van der Waals surface area contributed by atoms with Gasteiger partial charge < -0.3 is 15.2 Å². The Hall–Kier alpha value is -4.20. The summed E-state index contributed by atoms with van der Waals surface area (Å²) in [7, 11) is 1.89. The Labute approximate surface area is 185 Å². The number of amides is 2. The number of aryl methyl sites for hydroxylation is 1. The first-order chi connectivity index (χ1) is 15.6. The van der Waals surface area contributed by atoms with Crippen molar-refractivity contribution in [3.05, 3.63) is 102 Å². The average molecular weight is 428 g/mol. The highest BCUT2D eigenvalue weighted by atomic mass is 16.2. The molecule has 1 atom stereocenters. The molecule has 2 heterocycles.